The molecule has 15 heteroatoms. The van der Waals surface area contributed by atoms with Gasteiger partial charge in [0.15, 0.2) is 0 Å². The first-order chi connectivity index (χ1) is 11.7. The summed E-state index contributed by atoms with van der Waals surface area (Å²) in [5.74, 6) is -3.55. The number of methoxy groups -OCH3 is 1. The van der Waals surface area contributed by atoms with Gasteiger partial charge in [0.2, 0.25) is 5.78 Å². The third-order valence-electron chi connectivity index (χ3n) is 2.27. The molecule has 0 radical (unpaired) electrons. The Hall–Kier alpha value is -2.68. The monoisotopic (exact) mass is 385 g/mol. The van der Waals surface area contributed by atoms with Gasteiger partial charge in [-0.2, -0.15) is 11.8 Å². The summed E-state index contributed by atoms with van der Waals surface area (Å²) < 4.78 is 8.93. The number of hydrogen-bond donors (Lipinski definition) is 1. The summed E-state index contributed by atoms with van der Waals surface area (Å²) in [5.41, 5.74) is 5.42. The smallest absolute Gasteiger partial charge is 0.375 e. The second-order valence-corrected chi connectivity index (χ2v) is 5.16. The first kappa shape index (κ1) is 22.3. The number of carbonyl (C=O) groups excluding carboxylic acids is 3. The molecule has 0 saturated heterocycles. The molecule has 142 valence electrons. The summed E-state index contributed by atoms with van der Waals surface area (Å²) in [6.07, 6.45) is -1.55. The molecule has 1 atom stereocenters. The normalized spacial score (nSPS) is 11.3. The van der Waals surface area contributed by atoms with E-state index in [2.05, 4.69) is 19.1 Å². The number of nitrogens with two attached hydrogens (primary N) is 1. The number of ether oxygens (including phenoxy) is 2. The molecule has 0 aliphatic heterocycles. The van der Waals surface area contributed by atoms with E-state index in [9.17, 15) is 34.6 Å². The number of carbonyl (C=O) groups is 3. The highest BCUT2D eigenvalue weighted by Crippen LogP contribution is 2.05. The number of rotatable bonds is 13. The van der Waals surface area contributed by atoms with Crippen LogP contribution in [0.15, 0.2) is 0 Å². The molecule has 0 aromatic heterocycles. The number of esters is 2. The van der Waals surface area contributed by atoms with Crippen LogP contribution in [0.25, 0.3) is 0 Å². The van der Waals surface area contributed by atoms with Crippen LogP contribution in [0.2, 0.25) is 0 Å². The van der Waals surface area contributed by atoms with Crippen molar-refractivity contribution < 1.29 is 43.7 Å². The number of ketones is 1. The molecule has 0 saturated carbocycles. The lowest BCUT2D eigenvalue weighted by Gasteiger charge is -2.15. The minimum atomic E-state index is -1.55. The van der Waals surface area contributed by atoms with Gasteiger partial charge in [0.25, 0.3) is 10.2 Å². The number of Topliss-reactive ketones (excluding diaryl/α,β-unsaturated/α-hetero) is 1. The number of nitrogens with zero attached hydrogens (tertiary/aromatic N) is 2. The average molecular weight is 385 g/mol. The minimum absolute atomic E-state index is 0.00993. The fourth-order valence-electron chi connectivity index (χ4n) is 1.18. The maximum atomic E-state index is 11.6. The van der Waals surface area contributed by atoms with Crippen molar-refractivity contribution in [1.29, 1.82) is 0 Å². The van der Waals surface area contributed by atoms with Gasteiger partial charge in [-0.15, -0.1) is 20.2 Å². The summed E-state index contributed by atoms with van der Waals surface area (Å²) in [6, 6.07) is -0.992. The highest BCUT2D eigenvalue weighted by Gasteiger charge is 2.24. The van der Waals surface area contributed by atoms with E-state index < -0.39 is 59.0 Å². The van der Waals surface area contributed by atoms with Crippen LogP contribution in [0.1, 0.15) is 0 Å². The van der Waals surface area contributed by atoms with E-state index in [-0.39, 0.29) is 5.75 Å². The van der Waals surface area contributed by atoms with Crippen molar-refractivity contribution in [2.45, 2.75) is 12.1 Å². The Morgan fingerprint density at radius 3 is 2.08 bits per heavy atom. The summed E-state index contributed by atoms with van der Waals surface area (Å²) in [6.45, 7) is -1.72. The van der Waals surface area contributed by atoms with Crippen LogP contribution in [0.5, 0.6) is 0 Å². The standard InChI is InChI=1S/C10H15N3O11S/c1-21-9(15)7(11)4-25-5-8(14)10(16)24-6(2-22-12(17)18)3-23-13(19)20/h6-7H,2-5,11H2,1H3/t7-/m0/s1. The Balaban J connectivity index is 4.40. The Labute approximate surface area is 144 Å². The molecule has 0 aromatic rings. The predicted octanol–water partition coefficient (Wildman–Crippen LogP) is -1.88. The zero-order valence-corrected chi connectivity index (χ0v) is 13.7. The van der Waals surface area contributed by atoms with Crippen molar-refractivity contribution in [3.05, 3.63) is 20.2 Å². The maximum absolute atomic E-state index is 11.6. The molecule has 0 bridgehead atoms. The van der Waals surface area contributed by atoms with Crippen LogP contribution in [-0.2, 0) is 33.5 Å². The number of hydrogen-bond acceptors (Lipinski definition) is 13. The van der Waals surface area contributed by atoms with Gasteiger partial charge >= 0.3 is 11.9 Å². The van der Waals surface area contributed by atoms with E-state index in [1.54, 1.807) is 0 Å². The molecule has 0 spiro atoms. The second-order valence-electron chi connectivity index (χ2n) is 4.13. The summed E-state index contributed by atoms with van der Waals surface area (Å²) in [5, 5.41) is 17.8. The van der Waals surface area contributed by atoms with Crippen LogP contribution in [0.3, 0.4) is 0 Å². The van der Waals surface area contributed by atoms with Gasteiger partial charge in [-0.05, 0) is 0 Å². The van der Waals surface area contributed by atoms with E-state index in [1.807, 2.05) is 0 Å². The van der Waals surface area contributed by atoms with E-state index in [0.29, 0.717) is 0 Å². The van der Waals surface area contributed by atoms with Gasteiger partial charge in [-0.1, -0.05) is 0 Å². The lowest BCUT2D eigenvalue weighted by molar-refractivity contribution is -0.768. The summed E-state index contributed by atoms with van der Waals surface area (Å²) in [7, 11) is 1.13. The van der Waals surface area contributed by atoms with E-state index in [0.717, 1.165) is 18.9 Å². The molecule has 0 aliphatic carbocycles. The van der Waals surface area contributed by atoms with Gasteiger partial charge in [0, 0.05) is 5.75 Å². The SMILES string of the molecule is COC(=O)[C@@H](N)CSCC(=O)C(=O)OC(CO[N+](=O)[O-])CO[N+](=O)[O-]. The van der Waals surface area contributed by atoms with Crippen molar-refractivity contribution in [1.82, 2.24) is 0 Å². The molecule has 0 fully saturated rings. The largest absolute Gasteiger partial charge is 0.468 e. The van der Waals surface area contributed by atoms with Gasteiger partial charge in [-0.25, -0.2) is 4.79 Å². The van der Waals surface area contributed by atoms with E-state index >= 15 is 0 Å². The average Bonchev–Trinajstić information content (AvgIpc) is 2.55. The maximum Gasteiger partial charge on any atom is 0.375 e. The molecule has 0 aromatic carbocycles. The third-order valence-corrected chi connectivity index (χ3v) is 3.33. The molecular weight excluding hydrogens is 370 g/mol. The van der Waals surface area contributed by atoms with Crippen molar-refractivity contribution in [2.75, 3.05) is 31.8 Å². The van der Waals surface area contributed by atoms with Crippen molar-refractivity contribution in [2.24, 2.45) is 5.73 Å². The van der Waals surface area contributed by atoms with Crippen LogP contribution < -0.4 is 5.73 Å². The fourth-order valence-corrected chi connectivity index (χ4v) is 1.99. The molecule has 25 heavy (non-hydrogen) atoms. The predicted molar refractivity (Wildman–Crippen MR) is 78.1 cm³/mol. The van der Waals surface area contributed by atoms with Gasteiger partial charge in [0.05, 0.1) is 12.9 Å². The highest BCUT2D eigenvalue weighted by molar-refractivity contribution is 8.00. The highest BCUT2D eigenvalue weighted by atomic mass is 32.2. The van der Waals surface area contributed by atoms with Crippen molar-refractivity contribution >= 4 is 29.5 Å². The molecule has 14 nitrogen and oxygen atoms in total. The topological polar surface area (TPSA) is 200 Å². The summed E-state index contributed by atoms with van der Waals surface area (Å²) >= 11 is 0.850. The molecule has 0 rings (SSSR count). The molecule has 0 heterocycles. The molecular formula is C10H15N3O11S. The lowest BCUT2D eigenvalue weighted by atomic mass is 10.4. The molecule has 2 N–H and O–H groups in total. The van der Waals surface area contributed by atoms with Crippen LogP contribution in [-0.4, -0.2) is 71.9 Å². The van der Waals surface area contributed by atoms with Crippen molar-refractivity contribution in [3.63, 3.8) is 0 Å². The van der Waals surface area contributed by atoms with Crippen LogP contribution in [0, 0.1) is 20.2 Å². The molecule has 0 unspecified atom stereocenters. The first-order valence-corrected chi connectivity index (χ1v) is 7.52. The van der Waals surface area contributed by atoms with E-state index in [1.165, 1.54) is 0 Å². The second kappa shape index (κ2) is 11.8. The Bertz CT molecular complexity index is 496. The quantitative estimate of drug-likeness (QED) is 0.160. The molecule has 0 aliphatic rings. The van der Waals surface area contributed by atoms with Gasteiger partial charge in [-0.3, -0.25) is 9.59 Å². The van der Waals surface area contributed by atoms with Crippen LogP contribution in [0.4, 0.5) is 0 Å². The minimum Gasteiger partial charge on any atom is -0.468 e. The van der Waals surface area contributed by atoms with Gasteiger partial charge in [0.1, 0.15) is 25.4 Å². The lowest BCUT2D eigenvalue weighted by Crippen LogP contribution is -2.35. The first-order valence-electron chi connectivity index (χ1n) is 6.37. The Morgan fingerprint density at radius 2 is 1.64 bits per heavy atom. The fraction of sp³-hybridized carbons (Fsp3) is 0.700. The number of thioether (sulfide) groups is 1. The van der Waals surface area contributed by atoms with Crippen LogP contribution >= 0.6 is 11.8 Å². The zero-order valence-electron chi connectivity index (χ0n) is 12.9. The van der Waals surface area contributed by atoms with Gasteiger partial charge < -0.3 is 24.9 Å². The Kier molecular flexibility index (Phi) is 10.5. The molecule has 0 amide bonds. The third kappa shape index (κ3) is 10.7. The zero-order chi connectivity index (χ0) is 19.4. The van der Waals surface area contributed by atoms with Crippen molar-refractivity contribution in [3.8, 4) is 0 Å². The van der Waals surface area contributed by atoms with E-state index in [4.69, 9.17) is 5.73 Å². The Morgan fingerprint density at radius 1 is 1.12 bits per heavy atom. The summed E-state index contributed by atoms with van der Waals surface area (Å²) in [4.78, 5) is 62.2.